The lowest BCUT2D eigenvalue weighted by Gasteiger charge is -2.14. The van der Waals surface area contributed by atoms with Gasteiger partial charge in [-0.25, -0.2) is 0 Å². The van der Waals surface area contributed by atoms with Crippen LogP contribution < -0.4 is 10.1 Å². The number of benzene rings is 1. The first-order chi connectivity index (χ1) is 8.49. The minimum Gasteiger partial charge on any atom is -0.489 e. The fourth-order valence-corrected chi connectivity index (χ4v) is 1.48. The van der Waals surface area contributed by atoms with Crippen LogP contribution in [0.1, 0.15) is 33.6 Å². The molecule has 0 fully saturated rings. The zero-order valence-electron chi connectivity index (χ0n) is 11.1. The summed E-state index contributed by atoms with van der Waals surface area (Å²) < 4.78 is 5.61. The van der Waals surface area contributed by atoms with Gasteiger partial charge in [-0.05, 0) is 39.3 Å². The molecule has 1 aromatic carbocycles. The van der Waals surface area contributed by atoms with Crippen molar-refractivity contribution in [3.8, 4) is 5.75 Å². The molecule has 0 saturated carbocycles. The smallest absolute Gasteiger partial charge is 0.224 e. The van der Waals surface area contributed by atoms with E-state index in [-0.39, 0.29) is 12.0 Å². The summed E-state index contributed by atoms with van der Waals surface area (Å²) >= 11 is 0. The summed E-state index contributed by atoms with van der Waals surface area (Å²) in [5.41, 5.74) is 0.668. The highest BCUT2D eigenvalue weighted by Crippen LogP contribution is 2.25. The van der Waals surface area contributed by atoms with Crippen molar-refractivity contribution in [2.45, 2.75) is 45.8 Å². The largest absolute Gasteiger partial charge is 0.489 e. The van der Waals surface area contributed by atoms with Gasteiger partial charge in [-0.2, -0.15) is 0 Å². The van der Waals surface area contributed by atoms with Crippen molar-refractivity contribution in [1.29, 1.82) is 0 Å². The fraction of sp³-hybridized carbons (Fsp3) is 0.500. The van der Waals surface area contributed by atoms with Crippen LogP contribution in [0.25, 0.3) is 0 Å². The summed E-state index contributed by atoms with van der Waals surface area (Å²) in [5, 5.41) is 11.9. The van der Waals surface area contributed by atoms with Gasteiger partial charge in [0.25, 0.3) is 0 Å². The highest BCUT2D eigenvalue weighted by molar-refractivity contribution is 5.92. The molecule has 1 unspecified atom stereocenters. The van der Waals surface area contributed by atoms with Gasteiger partial charge in [0.15, 0.2) is 0 Å². The van der Waals surface area contributed by atoms with E-state index in [4.69, 9.17) is 9.84 Å². The van der Waals surface area contributed by atoms with E-state index in [1.807, 2.05) is 32.0 Å². The quantitative estimate of drug-likeness (QED) is 0.817. The molecular formula is C14H21NO3. The van der Waals surface area contributed by atoms with Gasteiger partial charge < -0.3 is 15.2 Å². The number of aliphatic hydroxyl groups is 1. The van der Waals surface area contributed by atoms with Gasteiger partial charge in [0.2, 0.25) is 5.91 Å². The third-order valence-corrected chi connectivity index (χ3v) is 2.31. The number of amides is 1. The number of carbonyl (C=O) groups excluding carboxylic acids is 1. The molecule has 18 heavy (non-hydrogen) atoms. The molecule has 0 saturated heterocycles. The van der Waals surface area contributed by atoms with Crippen molar-refractivity contribution < 1.29 is 14.6 Å². The van der Waals surface area contributed by atoms with Crippen LogP contribution in [0.5, 0.6) is 5.75 Å². The molecule has 0 aliphatic rings. The number of para-hydroxylation sites is 2. The van der Waals surface area contributed by atoms with Gasteiger partial charge in [0.05, 0.1) is 17.9 Å². The summed E-state index contributed by atoms with van der Waals surface area (Å²) in [6, 6.07) is 7.34. The molecular weight excluding hydrogens is 230 g/mol. The van der Waals surface area contributed by atoms with E-state index in [9.17, 15) is 4.79 Å². The number of nitrogens with one attached hydrogen (secondary N) is 1. The average molecular weight is 251 g/mol. The number of hydrogen-bond acceptors (Lipinski definition) is 3. The normalized spacial score (nSPS) is 12.3. The second kappa shape index (κ2) is 7.01. The monoisotopic (exact) mass is 251 g/mol. The number of aliphatic hydroxyl groups excluding tert-OH is 1. The first-order valence-electron chi connectivity index (χ1n) is 6.22. The highest BCUT2D eigenvalue weighted by atomic mass is 16.5. The first kappa shape index (κ1) is 14.5. The van der Waals surface area contributed by atoms with Crippen LogP contribution in [-0.2, 0) is 4.79 Å². The van der Waals surface area contributed by atoms with E-state index >= 15 is 0 Å². The van der Waals surface area contributed by atoms with Crippen LogP contribution in [0.3, 0.4) is 0 Å². The Morgan fingerprint density at radius 3 is 2.61 bits per heavy atom. The van der Waals surface area contributed by atoms with Gasteiger partial charge in [-0.15, -0.1) is 0 Å². The van der Waals surface area contributed by atoms with Crippen LogP contribution in [0.15, 0.2) is 24.3 Å². The third-order valence-electron chi connectivity index (χ3n) is 2.31. The van der Waals surface area contributed by atoms with Crippen molar-refractivity contribution in [3.05, 3.63) is 24.3 Å². The summed E-state index contributed by atoms with van der Waals surface area (Å²) in [4.78, 5) is 11.7. The van der Waals surface area contributed by atoms with Crippen molar-refractivity contribution >= 4 is 11.6 Å². The van der Waals surface area contributed by atoms with E-state index in [1.54, 1.807) is 13.0 Å². The Kier molecular flexibility index (Phi) is 5.65. The molecule has 4 nitrogen and oxygen atoms in total. The second-order valence-electron chi connectivity index (χ2n) is 4.60. The van der Waals surface area contributed by atoms with E-state index in [1.165, 1.54) is 0 Å². The predicted molar refractivity (Wildman–Crippen MR) is 71.8 cm³/mol. The zero-order valence-corrected chi connectivity index (χ0v) is 11.1. The number of anilines is 1. The lowest BCUT2D eigenvalue weighted by molar-refractivity contribution is -0.116. The van der Waals surface area contributed by atoms with Crippen LogP contribution >= 0.6 is 0 Å². The molecule has 0 spiro atoms. The summed E-state index contributed by atoms with van der Waals surface area (Å²) in [7, 11) is 0. The van der Waals surface area contributed by atoms with Gasteiger partial charge in [-0.1, -0.05) is 12.1 Å². The van der Waals surface area contributed by atoms with Crippen LogP contribution in [0.2, 0.25) is 0 Å². The number of ether oxygens (including phenoxy) is 1. The molecule has 100 valence electrons. The molecule has 1 amide bonds. The summed E-state index contributed by atoms with van der Waals surface area (Å²) in [6.07, 6.45) is 0.352. The van der Waals surface area contributed by atoms with Gasteiger partial charge >= 0.3 is 0 Å². The molecule has 1 aromatic rings. The lowest BCUT2D eigenvalue weighted by Crippen LogP contribution is -2.15. The Bertz CT molecular complexity index is 388. The SMILES string of the molecule is CC(O)CCC(=O)Nc1ccccc1OC(C)C. The Balaban J connectivity index is 2.63. The number of hydrogen-bond donors (Lipinski definition) is 2. The first-order valence-corrected chi connectivity index (χ1v) is 6.22. The topological polar surface area (TPSA) is 58.6 Å². The van der Waals surface area contributed by atoms with Crippen LogP contribution in [0.4, 0.5) is 5.69 Å². The van der Waals surface area contributed by atoms with Gasteiger partial charge in [-0.3, -0.25) is 4.79 Å². The van der Waals surface area contributed by atoms with Crippen LogP contribution in [-0.4, -0.2) is 23.2 Å². The Labute approximate surface area is 108 Å². The Morgan fingerprint density at radius 2 is 2.00 bits per heavy atom. The van der Waals surface area contributed by atoms with Crippen molar-refractivity contribution in [3.63, 3.8) is 0 Å². The highest BCUT2D eigenvalue weighted by Gasteiger charge is 2.09. The maximum Gasteiger partial charge on any atom is 0.224 e. The Hall–Kier alpha value is -1.55. The number of carbonyl (C=O) groups is 1. The zero-order chi connectivity index (χ0) is 13.5. The maximum atomic E-state index is 11.7. The molecule has 4 heteroatoms. The van der Waals surface area contributed by atoms with E-state index < -0.39 is 6.10 Å². The Morgan fingerprint density at radius 1 is 1.33 bits per heavy atom. The minimum atomic E-state index is -0.460. The molecule has 0 aliphatic heterocycles. The molecule has 2 N–H and O–H groups in total. The van der Waals surface area contributed by atoms with Crippen LogP contribution in [0, 0.1) is 0 Å². The molecule has 1 atom stereocenters. The molecule has 1 rings (SSSR count). The lowest BCUT2D eigenvalue weighted by atomic mass is 10.2. The minimum absolute atomic E-state index is 0.0560. The van der Waals surface area contributed by atoms with Crippen molar-refractivity contribution in [1.82, 2.24) is 0 Å². The average Bonchev–Trinajstić information content (AvgIpc) is 2.28. The number of rotatable bonds is 6. The predicted octanol–water partition coefficient (Wildman–Crippen LogP) is 2.57. The van der Waals surface area contributed by atoms with Gasteiger partial charge in [0, 0.05) is 6.42 Å². The third kappa shape index (κ3) is 5.19. The summed E-state index contributed by atoms with van der Waals surface area (Å²) in [5.74, 6) is 0.550. The van der Waals surface area contributed by atoms with Crippen molar-refractivity contribution in [2.75, 3.05) is 5.32 Å². The molecule has 0 radical (unpaired) electrons. The molecule has 0 aromatic heterocycles. The fourth-order valence-electron chi connectivity index (χ4n) is 1.48. The molecule has 0 heterocycles. The van der Waals surface area contributed by atoms with Gasteiger partial charge in [0.1, 0.15) is 5.75 Å². The van der Waals surface area contributed by atoms with E-state index in [2.05, 4.69) is 5.32 Å². The molecule has 0 bridgehead atoms. The second-order valence-corrected chi connectivity index (χ2v) is 4.60. The summed E-state index contributed by atoms with van der Waals surface area (Å²) in [6.45, 7) is 5.54. The van der Waals surface area contributed by atoms with E-state index in [0.717, 1.165) is 0 Å². The maximum absolute atomic E-state index is 11.7. The van der Waals surface area contributed by atoms with E-state index in [0.29, 0.717) is 24.3 Å². The standard InChI is InChI=1S/C14H21NO3/c1-10(2)18-13-7-5-4-6-12(13)15-14(17)9-8-11(3)16/h4-7,10-11,16H,8-9H2,1-3H3,(H,15,17). The van der Waals surface area contributed by atoms with Crippen molar-refractivity contribution in [2.24, 2.45) is 0 Å². The molecule has 0 aliphatic carbocycles.